The number of nitrogens with zero attached hydrogens (tertiary/aromatic N) is 4. The first-order valence-electron chi connectivity index (χ1n) is 8.87. The predicted molar refractivity (Wildman–Crippen MR) is 107 cm³/mol. The summed E-state index contributed by atoms with van der Waals surface area (Å²) < 4.78 is 25.0. The van der Waals surface area contributed by atoms with Gasteiger partial charge in [-0.3, -0.25) is 0 Å². The molecule has 0 atom stereocenters. The van der Waals surface area contributed by atoms with Crippen LogP contribution in [0.5, 0.6) is 11.8 Å². The summed E-state index contributed by atoms with van der Waals surface area (Å²) in [6.45, 7) is 6.53. The lowest BCUT2D eigenvalue weighted by atomic mass is 10.1. The zero-order chi connectivity index (χ0) is 19.7. The maximum atomic E-state index is 14.2. The Balaban J connectivity index is 1.83. The molecule has 0 N–H and O–H groups in total. The normalized spacial score (nSPS) is 11.3. The van der Waals surface area contributed by atoms with E-state index in [1.807, 2.05) is 32.9 Å². The lowest BCUT2D eigenvalue weighted by Crippen LogP contribution is -2.00. The molecule has 3 heterocycles. The van der Waals surface area contributed by atoms with E-state index >= 15 is 0 Å². The molecule has 0 unspecified atom stereocenters. The molecule has 4 aromatic rings. The number of halogens is 1. The molecule has 0 amide bonds. The largest absolute Gasteiger partial charge is 0.477 e. The molecule has 1 radical (unpaired) electrons. The number of aryl methyl sites for hydroxylation is 1. The summed E-state index contributed by atoms with van der Waals surface area (Å²) in [6.07, 6.45) is 3.39. The van der Waals surface area contributed by atoms with Crippen molar-refractivity contribution in [1.82, 2.24) is 19.9 Å². The van der Waals surface area contributed by atoms with Crippen LogP contribution in [0.3, 0.4) is 0 Å². The molecule has 0 fully saturated rings. The zero-order valence-corrected chi connectivity index (χ0v) is 16.5. The van der Waals surface area contributed by atoms with E-state index in [0.717, 1.165) is 16.6 Å². The van der Waals surface area contributed by atoms with Crippen molar-refractivity contribution in [2.45, 2.75) is 20.8 Å². The van der Waals surface area contributed by atoms with E-state index in [-0.39, 0.29) is 5.88 Å². The summed E-state index contributed by atoms with van der Waals surface area (Å²) >= 11 is 1.37. The topological polar surface area (TPSA) is 70.0 Å². The monoisotopic (exact) mass is 397 g/mol. The molecule has 0 spiro atoms. The standard InChI is InChI=1S/C20H18FN4O2S/c1-4-6-27-18-13(21)9-15-20(25-18)28-19(24-15)12-7-11(3)8-14-17(12)22-10-16(23-14)26-5-2/h4,7-10H,5-6H2,1-3H3. The first-order chi connectivity index (χ1) is 13.6. The lowest BCUT2D eigenvalue weighted by Gasteiger charge is -2.07. The Morgan fingerprint density at radius 3 is 2.75 bits per heavy atom. The Morgan fingerprint density at radius 1 is 1.11 bits per heavy atom. The van der Waals surface area contributed by atoms with E-state index in [2.05, 4.69) is 19.9 Å². The minimum atomic E-state index is -0.526. The van der Waals surface area contributed by atoms with Gasteiger partial charge in [-0.15, -0.1) is 0 Å². The van der Waals surface area contributed by atoms with Crippen LogP contribution in [0.4, 0.5) is 4.39 Å². The van der Waals surface area contributed by atoms with Crippen molar-refractivity contribution in [3.63, 3.8) is 0 Å². The maximum Gasteiger partial charge on any atom is 0.251 e. The smallest absolute Gasteiger partial charge is 0.251 e. The van der Waals surface area contributed by atoms with Crippen LogP contribution in [0.25, 0.3) is 32.0 Å². The van der Waals surface area contributed by atoms with Crippen LogP contribution in [0.15, 0.2) is 24.4 Å². The van der Waals surface area contributed by atoms with E-state index in [1.54, 1.807) is 12.6 Å². The summed E-state index contributed by atoms with van der Waals surface area (Å²) in [4.78, 5) is 18.5. The van der Waals surface area contributed by atoms with Gasteiger partial charge in [-0.1, -0.05) is 18.3 Å². The van der Waals surface area contributed by atoms with Gasteiger partial charge in [0.05, 0.1) is 30.4 Å². The second-order valence-electron chi connectivity index (χ2n) is 6.16. The SMILES string of the molecule is C[CH]COc1nc2sc(-c3cc(C)cc4nc(OCC)cnc34)nc2cc1F. The molecule has 0 bridgehead atoms. The number of thiazole rings is 1. The van der Waals surface area contributed by atoms with E-state index < -0.39 is 5.82 Å². The van der Waals surface area contributed by atoms with Crippen LogP contribution in [0.2, 0.25) is 0 Å². The molecule has 0 aliphatic carbocycles. The number of fused-ring (bicyclic) bond motifs is 2. The van der Waals surface area contributed by atoms with Gasteiger partial charge < -0.3 is 9.47 Å². The van der Waals surface area contributed by atoms with E-state index in [4.69, 9.17) is 9.47 Å². The molecule has 143 valence electrons. The van der Waals surface area contributed by atoms with Gasteiger partial charge in [0, 0.05) is 11.6 Å². The molecule has 0 aliphatic heterocycles. The summed E-state index contributed by atoms with van der Waals surface area (Å²) in [5.41, 5.74) is 3.77. The van der Waals surface area contributed by atoms with Gasteiger partial charge in [-0.2, -0.15) is 4.98 Å². The third-order valence-corrected chi connectivity index (χ3v) is 4.98. The Labute approximate surface area is 165 Å². The Morgan fingerprint density at radius 2 is 1.96 bits per heavy atom. The number of benzene rings is 1. The van der Waals surface area contributed by atoms with Gasteiger partial charge in [-0.25, -0.2) is 19.3 Å². The third kappa shape index (κ3) is 3.47. The van der Waals surface area contributed by atoms with Crippen LogP contribution in [-0.2, 0) is 0 Å². The minimum absolute atomic E-state index is 0.0175. The predicted octanol–water partition coefficient (Wildman–Crippen LogP) is 4.75. The quantitative estimate of drug-likeness (QED) is 0.468. The summed E-state index contributed by atoms with van der Waals surface area (Å²) in [6, 6.07) is 5.30. The number of hydrogen-bond donors (Lipinski definition) is 0. The number of hydrogen-bond acceptors (Lipinski definition) is 7. The lowest BCUT2D eigenvalue weighted by molar-refractivity contribution is 0.317. The second kappa shape index (κ2) is 7.63. The third-order valence-electron chi connectivity index (χ3n) is 3.98. The average molecular weight is 397 g/mol. The van der Waals surface area contributed by atoms with E-state index in [1.165, 1.54) is 17.4 Å². The first-order valence-corrected chi connectivity index (χ1v) is 9.69. The van der Waals surface area contributed by atoms with Crippen LogP contribution in [-0.4, -0.2) is 33.1 Å². The van der Waals surface area contributed by atoms with Crippen molar-refractivity contribution in [3.05, 3.63) is 42.2 Å². The van der Waals surface area contributed by atoms with Gasteiger partial charge in [-0.05, 0) is 38.0 Å². The molecule has 0 aliphatic rings. The molecule has 6 nitrogen and oxygen atoms in total. The molecule has 0 saturated carbocycles. The zero-order valence-electron chi connectivity index (χ0n) is 15.7. The number of ether oxygens (including phenoxy) is 2. The van der Waals surface area contributed by atoms with Crippen molar-refractivity contribution in [2.75, 3.05) is 13.2 Å². The second-order valence-corrected chi connectivity index (χ2v) is 7.14. The molecule has 1 aromatic carbocycles. The van der Waals surface area contributed by atoms with Gasteiger partial charge in [0.25, 0.3) is 5.88 Å². The first kappa shape index (κ1) is 18.5. The Bertz CT molecular complexity index is 1160. The van der Waals surface area contributed by atoms with Crippen molar-refractivity contribution in [3.8, 4) is 22.3 Å². The summed E-state index contributed by atoms with van der Waals surface area (Å²) in [7, 11) is 0. The van der Waals surface area contributed by atoms with Crippen molar-refractivity contribution in [1.29, 1.82) is 0 Å². The van der Waals surface area contributed by atoms with Crippen LogP contribution >= 0.6 is 11.3 Å². The van der Waals surface area contributed by atoms with Crippen LogP contribution in [0, 0.1) is 19.2 Å². The number of rotatable bonds is 6. The van der Waals surface area contributed by atoms with E-state index in [9.17, 15) is 4.39 Å². The molecule has 8 heteroatoms. The van der Waals surface area contributed by atoms with Crippen molar-refractivity contribution >= 4 is 32.7 Å². The van der Waals surface area contributed by atoms with Crippen molar-refractivity contribution in [2.24, 2.45) is 0 Å². The average Bonchev–Trinajstić information content (AvgIpc) is 3.08. The van der Waals surface area contributed by atoms with E-state index in [0.29, 0.717) is 40.0 Å². The fourth-order valence-electron chi connectivity index (χ4n) is 2.83. The number of aromatic nitrogens is 4. The Kier molecular flexibility index (Phi) is 5.04. The van der Waals surface area contributed by atoms with Gasteiger partial charge in [0.1, 0.15) is 15.4 Å². The van der Waals surface area contributed by atoms with Crippen molar-refractivity contribution < 1.29 is 13.9 Å². The highest BCUT2D eigenvalue weighted by Crippen LogP contribution is 2.35. The molecule has 3 aromatic heterocycles. The summed E-state index contributed by atoms with van der Waals surface area (Å²) in [5, 5.41) is 0.702. The fraction of sp³-hybridized carbons (Fsp3) is 0.250. The molecule has 0 saturated heterocycles. The fourth-order valence-corrected chi connectivity index (χ4v) is 3.76. The highest BCUT2D eigenvalue weighted by atomic mass is 32.1. The molecular formula is C20H18FN4O2S. The highest BCUT2D eigenvalue weighted by Gasteiger charge is 2.16. The Hall–Kier alpha value is -2.87. The molecular weight excluding hydrogens is 379 g/mol. The van der Waals surface area contributed by atoms with Crippen LogP contribution in [0.1, 0.15) is 19.4 Å². The highest BCUT2D eigenvalue weighted by molar-refractivity contribution is 7.21. The molecule has 28 heavy (non-hydrogen) atoms. The summed E-state index contributed by atoms with van der Waals surface area (Å²) in [5.74, 6) is -0.0633. The van der Waals surface area contributed by atoms with Gasteiger partial charge >= 0.3 is 0 Å². The number of pyridine rings is 1. The van der Waals surface area contributed by atoms with Crippen LogP contribution < -0.4 is 9.47 Å². The van der Waals surface area contributed by atoms with Gasteiger partial charge in [0.15, 0.2) is 5.82 Å². The van der Waals surface area contributed by atoms with Gasteiger partial charge in [0.2, 0.25) is 5.88 Å². The molecule has 4 rings (SSSR count). The minimum Gasteiger partial charge on any atom is -0.477 e. The maximum absolute atomic E-state index is 14.2.